The Hall–Kier alpha value is -1.10. The highest BCUT2D eigenvalue weighted by Gasteiger charge is 2.29. The second kappa shape index (κ2) is 6.89. The molecule has 2 amide bonds. The molecule has 19 heavy (non-hydrogen) atoms. The molecule has 1 saturated heterocycles. The molecule has 0 aliphatic carbocycles. The van der Waals surface area contributed by atoms with Gasteiger partial charge < -0.3 is 15.5 Å². The molecule has 1 heterocycles. The number of hydrogen-bond donors (Lipinski definition) is 1. The van der Waals surface area contributed by atoms with E-state index >= 15 is 0 Å². The van der Waals surface area contributed by atoms with Crippen molar-refractivity contribution < 1.29 is 9.59 Å². The van der Waals surface area contributed by atoms with Gasteiger partial charge in [-0.1, -0.05) is 20.8 Å². The minimum atomic E-state index is 0.0682. The van der Waals surface area contributed by atoms with E-state index in [0.717, 1.165) is 19.3 Å². The zero-order valence-corrected chi connectivity index (χ0v) is 12.4. The van der Waals surface area contributed by atoms with Crippen LogP contribution < -0.4 is 5.73 Å². The molecule has 2 N–H and O–H groups in total. The molecule has 110 valence electrons. The van der Waals surface area contributed by atoms with Crippen LogP contribution in [0.1, 0.15) is 40.0 Å². The summed E-state index contributed by atoms with van der Waals surface area (Å²) >= 11 is 0. The maximum absolute atomic E-state index is 12.0. The fourth-order valence-corrected chi connectivity index (χ4v) is 2.23. The van der Waals surface area contributed by atoms with E-state index in [1.807, 2.05) is 6.92 Å². The molecule has 1 aliphatic heterocycles. The van der Waals surface area contributed by atoms with Crippen molar-refractivity contribution in [3.8, 4) is 0 Å². The molecule has 0 atom stereocenters. The first-order valence-electron chi connectivity index (χ1n) is 7.15. The molecule has 1 aliphatic rings. The van der Waals surface area contributed by atoms with Gasteiger partial charge >= 0.3 is 0 Å². The van der Waals surface area contributed by atoms with Crippen LogP contribution >= 0.6 is 0 Å². The van der Waals surface area contributed by atoms with E-state index < -0.39 is 0 Å². The van der Waals surface area contributed by atoms with Crippen molar-refractivity contribution in [3.63, 3.8) is 0 Å². The standard InChI is InChI=1S/C14H27N3O2/c1-4-7-16-9-13(19)17(10-12(16)18)8-5-6-14(2,3)11-15/h4-11,15H2,1-3H3. The lowest BCUT2D eigenvalue weighted by atomic mass is 9.88. The van der Waals surface area contributed by atoms with Crippen molar-refractivity contribution >= 4 is 11.8 Å². The van der Waals surface area contributed by atoms with Crippen LogP contribution in [0, 0.1) is 5.41 Å². The summed E-state index contributed by atoms with van der Waals surface area (Å²) in [7, 11) is 0. The molecule has 0 aromatic rings. The molecule has 0 aromatic heterocycles. The average Bonchev–Trinajstić information content (AvgIpc) is 2.35. The summed E-state index contributed by atoms with van der Waals surface area (Å²) < 4.78 is 0. The van der Waals surface area contributed by atoms with Crippen LogP contribution in [-0.4, -0.2) is 54.3 Å². The molecular weight excluding hydrogens is 242 g/mol. The normalized spacial score (nSPS) is 17.3. The van der Waals surface area contributed by atoms with Gasteiger partial charge in [0, 0.05) is 13.1 Å². The predicted octanol–water partition coefficient (Wildman–Crippen LogP) is 0.832. The number of nitrogens with two attached hydrogens (primary N) is 1. The molecular formula is C14H27N3O2. The van der Waals surface area contributed by atoms with E-state index in [1.165, 1.54) is 0 Å². The van der Waals surface area contributed by atoms with Crippen LogP contribution in [0.25, 0.3) is 0 Å². The number of carbonyl (C=O) groups is 2. The van der Waals surface area contributed by atoms with Crippen molar-refractivity contribution in [3.05, 3.63) is 0 Å². The van der Waals surface area contributed by atoms with Gasteiger partial charge in [-0.3, -0.25) is 9.59 Å². The van der Waals surface area contributed by atoms with E-state index in [-0.39, 0.29) is 30.3 Å². The Bertz CT molecular complexity index is 329. The maximum atomic E-state index is 12.0. The fourth-order valence-electron chi connectivity index (χ4n) is 2.23. The summed E-state index contributed by atoms with van der Waals surface area (Å²) in [6.07, 6.45) is 2.76. The third kappa shape index (κ3) is 4.82. The molecule has 1 fully saturated rings. The second-order valence-corrected chi connectivity index (χ2v) is 6.10. The second-order valence-electron chi connectivity index (χ2n) is 6.10. The number of hydrogen-bond acceptors (Lipinski definition) is 3. The van der Waals surface area contributed by atoms with E-state index in [1.54, 1.807) is 9.80 Å². The first-order chi connectivity index (χ1) is 8.89. The minimum absolute atomic E-state index is 0.0682. The molecule has 0 spiro atoms. The minimum Gasteiger partial charge on any atom is -0.332 e. The molecule has 0 saturated carbocycles. The monoisotopic (exact) mass is 269 g/mol. The first kappa shape index (κ1) is 16.0. The average molecular weight is 269 g/mol. The number of carbonyl (C=O) groups excluding carboxylic acids is 2. The lowest BCUT2D eigenvalue weighted by Crippen LogP contribution is -2.54. The van der Waals surface area contributed by atoms with Crippen LogP contribution in [0.4, 0.5) is 0 Å². The van der Waals surface area contributed by atoms with Crippen LogP contribution in [0.2, 0.25) is 0 Å². The van der Waals surface area contributed by atoms with E-state index in [9.17, 15) is 9.59 Å². The van der Waals surface area contributed by atoms with Crippen LogP contribution in [-0.2, 0) is 9.59 Å². The number of amides is 2. The Morgan fingerprint density at radius 2 is 1.63 bits per heavy atom. The molecule has 0 aromatic carbocycles. The van der Waals surface area contributed by atoms with Gasteiger partial charge in [-0.15, -0.1) is 0 Å². The number of nitrogens with zero attached hydrogens (tertiary/aromatic N) is 2. The fraction of sp³-hybridized carbons (Fsp3) is 0.857. The Balaban J connectivity index is 2.40. The Labute approximate surface area is 116 Å². The molecule has 0 unspecified atom stereocenters. The number of rotatable bonds is 7. The first-order valence-corrected chi connectivity index (χ1v) is 7.15. The summed E-state index contributed by atoms with van der Waals surface area (Å²) in [6.45, 7) is 8.73. The van der Waals surface area contributed by atoms with Crippen molar-refractivity contribution in [1.82, 2.24) is 9.80 Å². The summed E-state index contributed by atoms with van der Waals surface area (Å²) in [5.41, 5.74) is 5.79. The lowest BCUT2D eigenvalue weighted by Gasteiger charge is -2.34. The zero-order chi connectivity index (χ0) is 14.5. The smallest absolute Gasteiger partial charge is 0.242 e. The largest absolute Gasteiger partial charge is 0.332 e. The molecule has 5 nitrogen and oxygen atoms in total. The summed E-state index contributed by atoms with van der Waals surface area (Å²) in [5, 5.41) is 0. The van der Waals surface area contributed by atoms with Gasteiger partial charge in [0.05, 0.1) is 13.1 Å². The van der Waals surface area contributed by atoms with Gasteiger partial charge in [-0.25, -0.2) is 0 Å². The SMILES string of the molecule is CCCN1CC(=O)N(CCCC(C)(C)CN)CC1=O. The quantitative estimate of drug-likeness (QED) is 0.744. The molecule has 0 radical (unpaired) electrons. The summed E-state index contributed by atoms with van der Waals surface area (Å²) in [6, 6.07) is 0. The Kier molecular flexibility index (Phi) is 5.79. The third-order valence-corrected chi connectivity index (χ3v) is 3.69. The zero-order valence-electron chi connectivity index (χ0n) is 12.4. The van der Waals surface area contributed by atoms with Gasteiger partial charge in [-0.2, -0.15) is 0 Å². The third-order valence-electron chi connectivity index (χ3n) is 3.69. The van der Waals surface area contributed by atoms with Crippen molar-refractivity contribution in [2.45, 2.75) is 40.0 Å². The summed E-state index contributed by atoms with van der Waals surface area (Å²) in [4.78, 5) is 27.2. The van der Waals surface area contributed by atoms with Gasteiger partial charge in [0.25, 0.3) is 0 Å². The van der Waals surface area contributed by atoms with Gasteiger partial charge in [0.1, 0.15) is 0 Å². The maximum Gasteiger partial charge on any atom is 0.242 e. The van der Waals surface area contributed by atoms with Crippen molar-refractivity contribution in [2.75, 3.05) is 32.7 Å². The highest BCUT2D eigenvalue weighted by molar-refractivity contribution is 5.92. The molecule has 0 bridgehead atoms. The van der Waals surface area contributed by atoms with Crippen molar-refractivity contribution in [1.29, 1.82) is 0 Å². The Morgan fingerprint density at radius 1 is 1.11 bits per heavy atom. The highest BCUT2D eigenvalue weighted by atomic mass is 16.2. The van der Waals surface area contributed by atoms with E-state index in [4.69, 9.17) is 5.73 Å². The molecule has 1 rings (SSSR count). The predicted molar refractivity (Wildman–Crippen MR) is 75.5 cm³/mol. The van der Waals surface area contributed by atoms with Gasteiger partial charge in [0.2, 0.25) is 11.8 Å². The van der Waals surface area contributed by atoms with E-state index in [0.29, 0.717) is 19.6 Å². The van der Waals surface area contributed by atoms with Gasteiger partial charge in [0.15, 0.2) is 0 Å². The summed E-state index contributed by atoms with van der Waals surface area (Å²) in [5.74, 6) is 0.137. The van der Waals surface area contributed by atoms with Crippen LogP contribution in [0.3, 0.4) is 0 Å². The Morgan fingerprint density at radius 3 is 2.11 bits per heavy atom. The molecule has 5 heteroatoms. The van der Waals surface area contributed by atoms with Gasteiger partial charge in [-0.05, 0) is 31.2 Å². The van der Waals surface area contributed by atoms with E-state index in [2.05, 4.69) is 13.8 Å². The topological polar surface area (TPSA) is 66.6 Å². The van der Waals surface area contributed by atoms with Crippen molar-refractivity contribution in [2.24, 2.45) is 11.1 Å². The van der Waals surface area contributed by atoms with Crippen LogP contribution in [0.5, 0.6) is 0 Å². The lowest BCUT2D eigenvalue weighted by molar-refractivity contribution is -0.150. The van der Waals surface area contributed by atoms with Crippen LogP contribution in [0.15, 0.2) is 0 Å². The highest BCUT2D eigenvalue weighted by Crippen LogP contribution is 2.20. The number of piperazine rings is 1.